The zero-order chi connectivity index (χ0) is 19.9. The van der Waals surface area contributed by atoms with Crippen LogP contribution in [0.1, 0.15) is 37.8 Å². The third-order valence-electron chi connectivity index (χ3n) is 4.75. The molecule has 0 spiro atoms. The largest absolute Gasteiger partial charge is 0.490 e. The second kappa shape index (κ2) is 9.29. The smallest absolute Gasteiger partial charge is 0.161 e. The van der Waals surface area contributed by atoms with Crippen molar-refractivity contribution >= 4 is 10.9 Å². The van der Waals surface area contributed by atoms with Crippen LogP contribution in [0, 0.1) is 11.3 Å². The maximum atomic E-state index is 9.30. The second-order valence-electron chi connectivity index (χ2n) is 6.62. The Bertz CT molecular complexity index is 985. The Balaban J connectivity index is 2.11. The van der Waals surface area contributed by atoms with E-state index < -0.39 is 0 Å². The molecule has 3 aromatic rings. The van der Waals surface area contributed by atoms with Gasteiger partial charge in [0.05, 0.1) is 24.8 Å². The van der Waals surface area contributed by atoms with Gasteiger partial charge < -0.3 is 20.2 Å². The highest BCUT2D eigenvalue weighted by molar-refractivity contribution is 5.92. The number of rotatable bonds is 9. The van der Waals surface area contributed by atoms with Gasteiger partial charge in [-0.2, -0.15) is 5.26 Å². The number of H-pyrrole nitrogens is 1. The minimum Gasteiger partial charge on any atom is -0.490 e. The number of nitrogens with zero attached hydrogens (tertiary/aromatic N) is 1. The van der Waals surface area contributed by atoms with E-state index in [0.717, 1.165) is 52.9 Å². The molecule has 28 heavy (non-hydrogen) atoms. The molecular weight excluding hydrogens is 350 g/mol. The molecule has 3 rings (SSSR count). The number of hydrogen-bond acceptors (Lipinski definition) is 4. The summed E-state index contributed by atoms with van der Waals surface area (Å²) in [7, 11) is 0. The Morgan fingerprint density at radius 1 is 1.00 bits per heavy atom. The normalized spacial score (nSPS) is 10.8. The lowest BCUT2D eigenvalue weighted by molar-refractivity contribution is 0.288. The summed E-state index contributed by atoms with van der Waals surface area (Å²) in [5.74, 6) is 1.49. The Labute approximate surface area is 166 Å². The van der Waals surface area contributed by atoms with E-state index in [1.54, 1.807) is 0 Å². The van der Waals surface area contributed by atoms with E-state index in [1.807, 2.05) is 44.2 Å². The van der Waals surface area contributed by atoms with Gasteiger partial charge in [-0.3, -0.25) is 0 Å². The Morgan fingerprint density at radius 3 is 2.50 bits per heavy atom. The average molecular weight is 377 g/mol. The van der Waals surface area contributed by atoms with Crippen molar-refractivity contribution in [2.24, 2.45) is 5.73 Å². The number of aromatic nitrogens is 1. The number of aromatic amines is 1. The van der Waals surface area contributed by atoms with E-state index in [9.17, 15) is 5.26 Å². The molecule has 0 bridgehead atoms. The second-order valence-corrected chi connectivity index (χ2v) is 6.62. The van der Waals surface area contributed by atoms with E-state index in [2.05, 4.69) is 17.1 Å². The van der Waals surface area contributed by atoms with Gasteiger partial charge in [-0.1, -0.05) is 0 Å². The lowest BCUT2D eigenvalue weighted by Gasteiger charge is -2.13. The van der Waals surface area contributed by atoms with E-state index in [1.165, 1.54) is 5.56 Å². The van der Waals surface area contributed by atoms with E-state index in [-0.39, 0.29) is 0 Å². The highest BCUT2D eigenvalue weighted by Crippen LogP contribution is 2.37. The first-order chi connectivity index (χ1) is 13.7. The van der Waals surface area contributed by atoms with Gasteiger partial charge >= 0.3 is 0 Å². The van der Waals surface area contributed by atoms with Gasteiger partial charge in [0.1, 0.15) is 0 Å². The monoisotopic (exact) mass is 377 g/mol. The van der Waals surface area contributed by atoms with Gasteiger partial charge in [-0.15, -0.1) is 0 Å². The molecule has 146 valence electrons. The minimum absolute atomic E-state index is 0.575. The summed E-state index contributed by atoms with van der Waals surface area (Å²) in [6.07, 6.45) is 2.87. The highest BCUT2D eigenvalue weighted by Gasteiger charge is 2.16. The molecule has 0 saturated heterocycles. The molecule has 5 nitrogen and oxygen atoms in total. The Kier molecular flexibility index (Phi) is 6.57. The summed E-state index contributed by atoms with van der Waals surface area (Å²) in [6.45, 7) is 5.77. The number of benzene rings is 2. The molecular formula is C23H27N3O2. The lowest BCUT2D eigenvalue weighted by Crippen LogP contribution is -2.00. The molecule has 1 heterocycles. The van der Waals surface area contributed by atoms with Gasteiger partial charge in [-0.05, 0) is 81.6 Å². The molecule has 0 aliphatic rings. The maximum absolute atomic E-state index is 9.30. The van der Waals surface area contributed by atoms with Crippen LogP contribution in [-0.2, 0) is 6.42 Å². The molecule has 3 N–H and O–H groups in total. The molecule has 0 fully saturated rings. The summed E-state index contributed by atoms with van der Waals surface area (Å²) in [4.78, 5) is 3.54. The Hall–Kier alpha value is -2.97. The van der Waals surface area contributed by atoms with Gasteiger partial charge in [0.25, 0.3) is 0 Å². The third kappa shape index (κ3) is 4.13. The van der Waals surface area contributed by atoms with Crippen molar-refractivity contribution in [1.29, 1.82) is 5.26 Å². The fourth-order valence-corrected chi connectivity index (χ4v) is 3.48. The molecule has 0 aliphatic carbocycles. The summed E-state index contributed by atoms with van der Waals surface area (Å²) >= 11 is 0. The number of aryl methyl sites for hydroxylation is 1. The van der Waals surface area contributed by atoms with Crippen LogP contribution < -0.4 is 15.2 Å². The SMILES string of the molecule is CCOc1ccc(-c2[nH]c3ccc(C#N)cc3c2CCCCN)cc1OCC. The van der Waals surface area contributed by atoms with E-state index >= 15 is 0 Å². The number of nitriles is 1. The van der Waals surface area contributed by atoms with Crippen molar-refractivity contribution in [3.8, 4) is 28.8 Å². The number of ether oxygens (including phenoxy) is 2. The average Bonchev–Trinajstić information content (AvgIpc) is 3.07. The zero-order valence-electron chi connectivity index (χ0n) is 16.5. The predicted molar refractivity (Wildman–Crippen MR) is 113 cm³/mol. The first kappa shape index (κ1) is 19.8. The molecule has 0 amide bonds. The summed E-state index contributed by atoms with van der Waals surface area (Å²) < 4.78 is 11.5. The van der Waals surface area contributed by atoms with Crippen LogP contribution in [-0.4, -0.2) is 24.7 Å². The van der Waals surface area contributed by atoms with Gasteiger partial charge in [0.15, 0.2) is 11.5 Å². The summed E-state index contributed by atoms with van der Waals surface area (Å²) in [5.41, 5.74) is 10.7. The fourth-order valence-electron chi connectivity index (χ4n) is 3.48. The minimum atomic E-state index is 0.575. The van der Waals surface area contributed by atoms with Crippen LogP contribution in [0.2, 0.25) is 0 Å². The molecule has 0 unspecified atom stereocenters. The Morgan fingerprint density at radius 2 is 1.79 bits per heavy atom. The standard InChI is InChI=1S/C23H27N3O2/c1-3-27-21-11-9-17(14-22(21)28-4-2)23-18(7-5-6-12-24)19-13-16(15-25)8-10-20(19)26-23/h8-11,13-14,26H,3-7,12,24H2,1-2H3. The van der Waals surface area contributed by atoms with Crippen LogP contribution in [0.5, 0.6) is 11.5 Å². The molecule has 0 aliphatic heterocycles. The van der Waals surface area contributed by atoms with Crippen molar-refractivity contribution in [2.75, 3.05) is 19.8 Å². The number of unbranched alkanes of at least 4 members (excludes halogenated alkanes) is 1. The molecule has 0 saturated carbocycles. The molecule has 1 aromatic heterocycles. The predicted octanol–water partition coefficient (Wildman–Crippen LogP) is 4.79. The van der Waals surface area contributed by atoms with Crippen LogP contribution in [0.25, 0.3) is 22.2 Å². The van der Waals surface area contributed by atoms with Crippen LogP contribution >= 0.6 is 0 Å². The van der Waals surface area contributed by atoms with Crippen LogP contribution in [0.3, 0.4) is 0 Å². The fraction of sp³-hybridized carbons (Fsp3) is 0.348. The van der Waals surface area contributed by atoms with Crippen molar-refractivity contribution in [1.82, 2.24) is 4.98 Å². The summed E-state index contributed by atoms with van der Waals surface area (Å²) in [6, 6.07) is 14.1. The van der Waals surface area contributed by atoms with Crippen molar-refractivity contribution in [3.05, 3.63) is 47.5 Å². The quantitative estimate of drug-likeness (QED) is 0.525. The van der Waals surface area contributed by atoms with E-state index in [4.69, 9.17) is 15.2 Å². The zero-order valence-corrected chi connectivity index (χ0v) is 16.5. The topological polar surface area (TPSA) is 84.1 Å². The number of nitrogens with two attached hydrogens (primary N) is 1. The van der Waals surface area contributed by atoms with Gasteiger partial charge in [-0.25, -0.2) is 0 Å². The molecule has 0 radical (unpaired) electrons. The highest BCUT2D eigenvalue weighted by atomic mass is 16.5. The van der Waals surface area contributed by atoms with Crippen LogP contribution in [0.15, 0.2) is 36.4 Å². The van der Waals surface area contributed by atoms with Crippen molar-refractivity contribution in [3.63, 3.8) is 0 Å². The van der Waals surface area contributed by atoms with Gasteiger partial charge in [0, 0.05) is 22.2 Å². The number of hydrogen-bond donors (Lipinski definition) is 2. The number of fused-ring (bicyclic) bond motifs is 1. The first-order valence-electron chi connectivity index (χ1n) is 9.86. The maximum Gasteiger partial charge on any atom is 0.161 e. The van der Waals surface area contributed by atoms with Crippen LogP contribution in [0.4, 0.5) is 0 Å². The number of nitrogens with one attached hydrogen (secondary N) is 1. The molecule has 0 atom stereocenters. The summed E-state index contributed by atoms with van der Waals surface area (Å²) in [5, 5.41) is 10.4. The van der Waals surface area contributed by atoms with Crippen molar-refractivity contribution < 1.29 is 9.47 Å². The van der Waals surface area contributed by atoms with Gasteiger partial charge in [0.2, 0.25) is 0 Å². The molecule has 5 heteroatoms. The lowest BCUT2D eigenvalue weighted by atomic mass is 9.99. The van der Waals surface area contributed by atoms with E-state index in [0.29, 0.717) is 25.3 Å². The van der Waals surface area contributed by atoms with Crippen molar-refractivity contribution in [2.45, 2.75) is 33.1 Å². The first-order valence-corrected chi connectivity index (χ1v) is 9.86. The molecule has 2 aromatic carbocycles. The third-order valence-corrected chi connectivity index (χ3v) is 4.75.